The average Bonchev–Trinajstić information content (AvgIpc) is 2.27. The van der Waals surface area contributed by atoms with Crippen LogP contribution in [0.15, 0.2) is 0 Å². The van der Waals surface area contributed by atoms with Crippen molar-refractivity contribution in [3.63, 3.8) is 0 Å². The van der Waals surface area contributed by atoms with Gasteiger partial charge in [-0.15, -0.1) is 0 Å². The average molecular weight is 244 g/mol. The molecule has 0 bridgehead atoms. The van der Waals surface area contributed by atoms with Crippen LogP contribution >= 0.6 is 0 Å². The standard InChI is InChI=1S/C12H24N2O3/c1-4-11(2,3)13-9-12(17)5-7-14(8-6-12)10(15)16/h13,17H,4-9H2,1-3H3,(H,15,16). The third kappa shape index (κ3) is 4.16. The summed E-state index contributed by atoms with van der Waals surface area (Å²) in [6, 6.07) is 0. The fourth-order valence-corrected chi connectivity index (χ4v) is 1.82. The van der Waals surface area contributed by atoms with E-state index in [1.54, 1.807) is 0 Å². The van der Waals surface area contributed by atoms with E-state index in [1.807, 2.05) is 0 Å². The van der Waals surface area contributed by atoms with Crippen molar-refractivity contribution < 1.29 is 15.0 Å². The van der Waals surface area contributed by atoms with Gasteiger partial charge < -0.3 is 20.4 Å². The lowest BCUT2D eigenvalue weighted by atomic mass is 9.90. The minimum atomic E-state index is -0.895. The van der Waals surface area contributed by atoms with E-state index in [4.69, 9.17) is 5.11 Å². The SMILES string of the molecule is CCC(C)(C)NCC1(O)CCN(C(=O)O)CC1. The first-order valence-electron chi connectivity index (χ1n) is 6.23. The van der Waals surface area contributed by atoms with Crippen LogP contribution in [0.25, 0.3) is 0 Å². The Morgan fingerprint density at radius 1 is 1.41 bits per heavy atom. The highest BCUT2D eigenvalue weighted by Crippen LogP contribution is 2.22. The number of nitrogens with one attached hydrogen (secondary N) is 1. The second-order valence-electron chi connectivity index (χ2n) is 5.58. The highest BCUT2D eigenvalue weighted by molar-refractivity contribution is 5.65. The van der Waals surface area contributed by atoms with Crippen molar-refractivity contribution in [2.24, 2.45) is 0 Å². The van der Waals surface area contributed by atoms with Crippen LogP contribution in [0.2, 0.25) is 0 Å². The summed E-state index contributed by atoms with van der Waals surface area (Å²) in [4.78, 5) is 12.1. The topological polar surface area (TPSA) is 72.8 Å². The summed E-state index contributed by atoms with van der Waals surface area (Å²) >= 11 is 0. The van der Waals surface area contributed by atoms with Crippen molar-refractivity contribution in [2.45, 2.75) is 51.2 Å². The Kier molecular flexibility index (Phi) is 4.38. The Balaban J connectivity index is 2.42. The molecule has 0 saturated carbocycles. The van der Waals surface area contributed by atoms with Crippen molar-refractivity contribution in [1.29, 1.82) is 0 Å². The van der Waals surface area contributed by atoms with E-state index in [0.29, 0.717) is 32.5 Å². The summed E-state index contributed by atoms with van der Waals surface area (Å²) in [6.45, 7) is 7.66. The molecule has 1 saturated heterocycles. The molecule has 0 aromatic carbocycles. The molecule has 5 heteroatoms. The normalized spacial score (nSPS) is 20.4. The lowest BCUT2D eigenvalue weighted by Crippen LogP contribution is -2.54. The number of hydrogen-bond acceptors (Lipinski definition) is 3. The Hall–Kier alpha value is -0.810. The molecule has 1 heterocycles. The fraction of sp³-hybridized carbons (Fsp3) is 0.917. The third-order valence-corrected chi connectivity index (χ3v) is 3.74. The predicted octanol–water partition coefficient (Wildman–Crippen LogP) is 1.27. The second-order valence-corrected chi connectivity index (χ2v) is 5.58. The molecule has 0 aliphatic carbocycles. The summed E-state index contributed by atoms with van der Waals surface area (Å²) in [6.07, 6.45) is 1.11. The van der Waals surface area contributed by atoms with Crippen LogP contribution in [-0.2, 0) is 0 Å². The second kappa shape index (κ2) is 5.23. The van der Waals surface area contributed by atoms with E-state index in [2.05, 4.69) is 26.1 Å². The van der Waals surface area contributed by atoms with Gasteiger partial charge in [-0.25, -0.2) is 4.79 Å². The minimum absolute atomic E-state index is 0.0136. The van der Waals surface area contributed by atoms with Crippen LogP contribution in [0.5, 0.6) is 0 Å². The first kappa shape index (κ1) is 14.3. The van der Waals surface area contributed by atoms with Gasteiger partial charge in [-0.1, -0.05) is 6.92 Å². The number of β-amino-alcohol motifs (C(OH)–C–C–N with tert-alkyl or cyclic N) is 1. The van der Waals surface area contributed by atoms with Gasteiger partial charge in [0.1, 0.15) is 0 Å². The largest absolute Gasteiger partial charge is 0.465 e. The monoisotopic (exact) mass is 244 g/mol. The van der Waals surface area contributed by atoms with Crippen molar-refractivity contribution >= 4 is 6.09 Å². The summed E-state index contributed by atoms with van der Waals surface area (Å²) in [5, 5.41) is 22.5. The molecule has 3 N–H and O–H groups in total. The van der Waals surface area contributed by atoms with E-state index in [0.717, 1.165) is 6.42 Å². The molecule has 17 heavy (non-hydrogen) atoms. The molecule has 0 aromatic rings. The Bertz CT molecular complexity index is 271. The van der Waals surface area contributed by atoms with Crippen LogP contribution in [0.3, 0.4) is 0 Å². The quantitative estimate of drug-likeness (QED) is 0.696. The first-order chi connectivity index (χ1) is 7.78. The summed E-state index contributed by atoms with van der Waals surface area (Å²) in [7, 11) is 0. The van der Waals surface area contributed by atoms with Gasteiger partial charge in [0.05, 0.1) is 5.60 Å². The van der Waals surface area contributed by atoms with Crippen molar-refractivity contribution in [1.82, 2.24) is 10.2 Å². The molecular weight excluding hydrogens is 220 g/mol. The number of likely N-dealkylation sites (tertiary alicyclic amines) is 1. The van der Waals surface area contributed by atoms with Gasteiger partial charge in [0.25, 0.3) is 0 Å². The molecule has 0 atom stereocenters. The molecular formula is C12H24N2O3. The van der Waals surface area contributed by atoms with Crippen molar-refractivity contribution in [3.05, 3.63) is 0 Å². The molecule has 0 aromatic heterocycles. The molecule has 5 nitrogen and oxygen atoms in total. The number of aliphatic hydroxyl groups is 1. The van der Waals surface area contributed by atoms with Crippen molar-refractivity contribution in [3.8, 4) is 0 Å². The van der Waals surface area contributed by atoms with Gasteiger partial charge in [-0.05, 0) is 33.1 Å². The number of carbonyl (C=O) groups is 1. The number of hydrogen-bond donors (Lipinski definition) is 3. The van der Waals surface area contributed by atoms with Crippen LogP contribution in [0.4, 0.5) is 4.79 Å². The smallest absolute Gasteiger partial charge is 0.407 e. The highest BCUT2D eigenvalue weighted by atomic mass is 16.4. The van der Waals surface area contributed by atoms with E-state index >= 15 is 0 Å². The zero-order valence-corrected chi connectivity index (χ0v) is 11.0. The molecule has 0 spiro atoms. The maximum absolute atomic E-state index is 10.8. The molecule has 1 fully saturated rings. The van der Waals surface area contributed by atoms with E-state index in [1.165, 1.54) is 4.90 Å². The molecule has 1 rings (SSSR count). The van der Waals surface area contributed by atoms with Gasteiger partial charge in [0, 0.05) is 25.2 Å². The summed E-state index contributed by atoms with van der Waals surface area (Å²) in [5.74, 6) is 0. The zero-order valence-electron chi connectivity index (χ0n) is 11.0. The Morgan fingerprint density at radius 2 is 1.94 bits per heavy atom. The highest BCUT2D eigenvalue weighted by Gasteiger charge is 2.34. The predicted molar refractivity (Wildman–Crippen MR) is 66.2 cm³/mol. The van der Waals surface area contributed by atoms with E-state index in [-0.39, 0.29) is 5.54 Å². The lowest BCUT2D eigenvalue weighted by Gasteiger charge is -2.39. The first-order valence-corrected chi connectivity index (χ1v) is 6.23. The molecule has 1 amide bonds. The minimum Gasteiger partial charge on any atom is -0.465 e. The van der Waals surface area contributed by atoms with Gasteiger partial charge in [-0.2, -0.15) is 0 Å². The molecule has 1 aliphatic rings. The van der Waals surface area contributed by atoms with Gasteiger partial charge in [0.15, 0.2) is 0 Å². The van der Waals surface area contributed by atoms with Crippen molar-refractivity contribution in [2.75, 3.05) is 19.6 Å². The number of carboxylic acid groups (broad SMARTS) is 1. The van der Waals surface area contributed by atoms with Crippen LogP contribution in [0.1, 0.15) is 40.0 Å². The van der Waals surface area contributed by atoms with E-state index < -0.39 is 11.7 Å². The maximum atomic E-state index is 10.8. The van der Waals surface area contributed by atoms with Crippen LogP contribution in [-0.4, -0.2) is 52.0 Å². The van der Waals surface area contributed by atoms with Gasteiger partial charge >= 0.3 is 6.09 Å². The number of rotatable bonds is 4. The molecule has 1 aliphatic heterocycles. The molecule has 100 valence electrons. The third-order valence-electron chi connectivity index (χ3n) is 3.74. The maximum Gasteiger partial charge on any atom is 0.407 e. The Morgan fingerprint density at radius 3 is 2.35 bits per heavy atom. The summed E-state index contributed by atoms with van der Waals surface area (Å²) in [5.41, 5.74) is -0.752. The Labute approximate surface area is 103 Å². The lowest BCUT2D eigenvalue weighted by molar-refractivity contribution is -0.0201. The van der Waals surface area contributed by atoms with Crippen LogP contribution in [0, 0.1) is 0 Å². The molecule has 0 radical (unpaired) electrons. The zero-order chi connectivity index (χ0) is 13.1. The number of nitrogens with zero attached hydrogens (tertiary/aromatic N) is 1. The molecule has 0 unspecified atom stereocenters. The number of piperidine rings is 1. The van der Waals surface area contributed by atoms with E-state index in [9.17, 15) is 9.90 Å². The van der Waals surface area contributed by atoms with Gasteiger partial charge in [0.2, 0.25) is 0 Å². The van der Waals surface area contributed by atoms with Crippen LogP contribution < -0.4 is 5.32 Å². The fourth-order valence-electron chi connectivity index (χ4n) is 1.82. The summed E-state index contributed by atoms with van der Waals surface area (Å²) < 4.78 is 0. The number of amides is 1. The van der Waals surface area contributed by atoms with Gasteiger partial charge in [-0.3, -0.25) is 0 Å².